The molecular formula is C11H16BrNO. The van der Waals surface area contributed by atoms with E-state index >= 15 is 0 Å². The average molecular weight is 258 g/mol. The molecule has 1 aliphatic heterocycles. The van der Waals surface area contributed by atoms with Crippen molar-refractivity contribution in [2.75, 3.05) is 13.1 Å². The van der Waals surface area contributed by atoms with Crippen LogP contribution in [0.1, 0.15) is 24.8 Å². The molecule has 1 aromatic rings. The van der Waals surface area contributed by atoms with Gasteiger partial charge in [0, 0.05) is 0 Å². The Labute approximate surface area is 93.2 Å². The van der Waals surface area contributed by atoms with E-state index in [1.807, 2.05) is 6.26 Å². The minimum absolute atomic E-state index is 0.780. The summed E-state index contributed by atoms with van der Waals surface area (Å²) in [6, 6.07) is 2.07. The van der Waals surface area contributed by atoms with Crippen LogP contribution in [0.3, 0.4) is 0 Å². The van der Waals surface area contributed by atoms with E-state index in [2.05, 4.69) is 27.3 Å². The predicted octanol–water partition coefficient (Wildman–Crippen LogP) is 2.97. The zero-order valence-electron chi connectivity index (χ0n) is 8.26. The maximum atomic E-state index is 5.23. The van der Waals surface area contributed by atoms with Gasteiger partial charge < -0.3 is 9.73 Å². The van der Waals surface area contributed by atoms with E-state index in [-0.39, 0.29) is 0 Å². The molecule has 0 aliphatic carbocycles. The Morgan fingerprint density at radius 1 is 1.50 bits per heavy atom. The Kier molecular flexibility index (Phi) is 3.65. The normalized spacial score (nSPS) is 23.4. The molecule has 0 spiro atoms. The van der Waals surface area contributed by atoms with Crippen LogP contribution in [0.15, 0.2) is 21.4 Å². The fraction of sp³-hybridized carbons (Fsp3) is 0.636. The van der Waals surface area contributed by atoms with Crippen molar-refractivity contribution in [3.63, 3.8) is 0 Å². The zero-order chi connectivity index (χ0) is 9.80. The number of halogens is 1. The summed E-state index contributed by atoms with van der Waals surface area (Å²) >= 11 is 3.33. The molecule has 0 radical (unpaired) electrons. The molecule has 2 nitrogen and oxygen atoms in total. The Balaban J connectivity index is 1.89. The second-order valence-corrected chi connectivity index (χ2v) is 4.81. The smallest absolute Gasteiger partial charge is 0.169 e. The molecule has 1 N–H and O–H groups in total. The second-order valence-electron chi connectivity index (χ2n) is 4.03. The molecule has 0 aromatic carbocycles. The lowest BCUT2D eigenvalue weighted by Crippen LogP contribution is -2.21. The van der Waals surface area contributed by atoms with Crippen molar-refractivity contribution in [3.8, 4) is 0 Å². The number of hydrogen-bond donors (Lipinski definition) is 1. The van der Waals surface area contributed by atoms with E-state index in [4.69, 9.17) is 4.42 Å². The first kappa shape index (κ1) is 10.2. The maximum absolute atomic E-state index is 5.23. The van der Waals surface area contributed by atoms with Crippen molar-refractivity contribution < 1.29 is 4.42 Å². The number of rotatable bonds is 2. The van der Waals surface area contributed by atoms with E-state index in [1.165, 1.54) is 31.4 Å². The van der Waals surface area contributed by atoms with Crippen molar-refractivity contribution in [2.24, 2.45) is 5.92 Å². The van der Waals surface area contributed by atoms with Crippen LogP contribution in [-0.2, 0) is 6.42 Å². The summed E-state index contributed by atoms with van der Waals surface area (Å²) in [6.45, 7) is 2.34. The Morgan fingerprint density at radius 2 is 2.43 bits per heavy atom. The van der Waals surface area contributed by atoms with Crippen LogP contribution in [0.4, 0.5) is 0 Å². The second kappa shape index (κ2) is 4.99. The molecule has 0 bridgehead atoms. The first-order valence-corrected chi connectivity index (χ1v) is 6.07. The number of furan rings is 1. The van der Waals surface area contributed by atoms with Crippen LogP contribution in [0.25, 0.3) is 0 Å². The molecular weight excluding hydrogens is 242 g/mol. The van der Waals surface area contributed by atoms with E-state index in [1.54, 1.807) is 0 Å². The average Bonchev–Trinajstić information content (AvgIpc) is 2.43. The van der Waals surface area contributed by atoms with Crippen LogP contribution < -0.4 is 5.32 Å². The van der Waals surface area contributed by atoms with Crippen molar-refractivity contribution in [2.45, 2.75) is 25.7 Å². The van der Waals surface area contributed by atoms with Gasteiger partial charge in [0.05, 0.1) is 6.26 Å². The summed E-state index contributed by atoms with van der Waals surface area (Å²) in [6.07, 6.45) is 7.02. The molecule has 0 saturated carbocycles. The molecule has 1 aliphatic rings. The highest BCUT2D eigenvalue weighted by molar-refractivity contribution is 9.10. The fourth-order valence-electron chi connectivity index (χ4n) is 2.05. The van der Waals surface area contributed by atoms with Gasteiger partial charge in [-0.3, -0.25) is 0 Å². The van der Waals surface area contributed by atoms with Crippen LogP contribution in [0.2, 0.25) is 0 Å². The molecule has 0 amide bonds. The third kappa shape index (κ3) is 2.85. The lowest BCUT2D eigenvalue weighted by molar-refractivity contribution is 0.472. The van der Waals surface area contributed by atoms with Gasteiger partial charge in [0.25, 0.3) is 0 Å². The van der Waals surface area contributed by atoms with Gasteiger partial charge >= 0.3 is 0 Å². The van der Waals surface area contributed by atoms with Gasteiger partial charge in [-0.1, -0.05) is 6.42 Å². The van der Waals surface area contributed by atoms with Gasteiger partial charge in [-0.15, -0.1) is 0 Å². The monoisotopic (exact) mass is 257 g/mol. The minimum Gasteiger partial charge on any atom is -0.457 e. The summed E-state index contributed by atoms with van der Waals surface area (Å²) < 4.78 is 6.08. The lowest BCUT2D eigenvalue weighted by atomic mass is 9.97. The molecule has 1 aromatic heterocycles. The zero-order valence-corrected chi connectivity index (χ0v) is 9.85. The lowest BCUT2D eigenvalue weighted by Gasteiger charge is -2.12. The van der Waals surface area contributed by atoms with Crippen LogP contribution >= 0.6 is 15.9 Å². The maximum Gasteiger partial charge on any atom is 0.169 e. The summed E-state index contributed by atoms with van der Waals surface area (Å²) in [5.41, 5.74) is 1.31. The topological polar surface area (TPSA) is 25.2 Å². The standard InChI is InChI=1S/C11H16BrNO/c12-11-6-10(8-14-11)5-9-3-1-2-4-13-7-9/h6,8-9,13H,1-5,7H2. The molecule has 2 rings (SSSR count). The molecule has 1 unspecified atom stereocenters. The van der Waals surface area contributed by atoms with Crippen molar-refractivity contribution in [1.29, 1.82) is 0 Å². The number of nitrogens with one attached hydrogen (secondary N) is 1. The highest BCUT2D eigenvalue weighted by atomic mass is 79.9. The van der Waals surface area contributed by atoms with Gasteiger partial charge in [0.2, 0.25) is 0 Å². The summed E-state index contributed by atoms with van der Waals surface area (Å²) in [5.74, 6) is 0.780. The Bertz CT molecular complexity index is 277. The first-order chi connectivity index (χ1) is 6.84. The van der Waals surface area contributed by atoms with Gasteiger partial charge in [-0.2, -0.15) is 0 Å². The molecule has 1 fully saturated rings. The van der Waals surface area contributed by atoms with Gasteiger partial charge in [0.15, 0.2) is 4.67 Å². The summed E-state index contributed by atoms with van der Waals surface area (Å²) in [5, 5.41) is 3.48. The third-order valence-corrected chi connectivity index (χ3v) is 3.21. The Morgan fingerprint density at radius 3 is 3.21 bits per heavy atom. The van der Waals surface area contributed by atoms with E-state index < -0.39 is 0 Å². The third-order valence-electron chi connectivity index (χ3n) is 2.80. The summed E-state index contributed by atoms with van der Waals surface area (Å²) in [4.78, 5) is 0. The van der Waals surface area contributed by atoms with Gasteiger partial charge in [-0.05, 0) is 65.8 Å². The van der Waals surface area contributed by atoms with Crippen LogP contribution in [0.5, 0.6) is 0 Å². The van der Waals surface area contributed by atoms with Crippen molar-refractivity contribution in [1.82, 2.24) is 5.32 Å². The molecule has 14 heavy (non-hydrogen) atoms. The minimum atomic E-state index is 0.780. The summed E-state index contributed by atoms with van der Waals surface area (Å²) in [7, 11) is 0. The van der Waals surface area contributed by atoms with E-state index in [0.29, 0.717) is 0 Å². The Hall–Kier alpha value is -0.280. The first-order valence-electron chi connectivity index (χ1n) is 5.28. The van der Waals surface area contributed by atoms with Crippen molar-refractivity contribution >= 4 is 15.9 Å². The van der Waals surface area contributed by atoms with Gasteiger partial charge in [-0.25, -0.2) is 0 Å². The fourth-order valence-corrected chi connectivity index (χ4v) is 2.44. The molecule has 78 valence electrons. The predicted molar refractivity (Wildman–Crippen MR) is 60.3 cm³/mol. The van der Waals surface area contributed by atoms with E-state index in [9.17, 15) is 0 Å². The van der Waals surface area contributed by atoms with Crippen LogP contribution in [-0.4, -0.2) is 13.1 Å². The van der Waals surface area contributed by atoms with Gasteiger partial charge in [0.1, 0.15) is 0 Å². The van der Waals surface area contributed by atoms with E-state index in [0.717, 1.165) is 23.6 Å². The molecule has 2 heterocycles. The highest BCUT2D eigenvalue weighted by Crippen LogP contribution is 2.20. The van der Waals surface area contributed by atoms with Crippen molar-refractivity contribution in [3.05, 3.63) is 22.6 Å². The molecule has 1 atom stereocenters. The molecule has 3 heteroatoms. The largest absolute Gasteiger partial charge is 0.457 e. The molecule has 1 saturated heterocycles. The quantitative estimate of drug-likeness (QED) is 0.882. The highest BCUT2D eigenvalue weighted by Gasteiger charge is 2.13. The SMILES string of the molecule is Brc1cc(CC2CCCCNC2)co1. The van der Waals surface area contributed by atoms with Crippen LogP contribution in [0, 0.1) is 5.92 Å². The number of hydrogen-bond acceptors (Lipinski definition) is 2.